The molecule has 1 heterocycles. The summed E-state index contributed by atoms with van der Waals surface area (Å²) in [5.41, 5.74) is 6.90. The molecule has 110 valence electrons. The van der Waals surface area contributed by atoms with Crippen molar-refractivity contribution < 1.29 is 4.79 Å². The second-order valence-corrected chi connectivity index (χ2v) is 6.75. The number of amides is 1. The van der Waals surface area contributed by atoms with Crippen LogP contribution in [0.5, 0.6) is 0 Å². The van der Waals surface area contributed by atoms with Crippen molar-refractivity contribution in [3.63, 3.8) is 0 Å². The molecule has 4 heteroatoms. The lowest BCUT2D eigenvalue weighted by molar-refractivity contribution is -0.135. The van der Waals surface area contributed by atoms with Crippen LogP contribution in [-0.4, -0.2) is 28.9 Å². The molecule has 0 spiro atoms. The van der Waals surface area contributed by atoms with Crippen LogP contribution in [0.4, 0.5) is 0 Å². The van der Waals surface area contributed by atoms with Crippen molar-refractivity contribution >= 4 is 5.91 Å². The summed E-state index contributed by atoms with van der Waals surface area (Å²) in [5.74, 6) is 0.436. The number of carbonyl (C=O) groups excluding carboxylic acids is 1. The van der Waals surface area contributed by atoms with E-state index in [1.165, 1.54) is 0 Å². The highest BCUT2D eigenvalue weighted by Crippen LogP contribution is 2.48. The molecule has 1 aromatic rings. The first-order valence-electron chi connectivity index (χ1n) is 7.49. The molecule has 0 aromatic heterocycles. The smallest absolute Gasteiger partial charge is 0.241 e. The molecule has 1 amide bonds. The van der Waals surface area contributed by atoms with Crippen molar-refractivity contribution in [3.8, 4) is 6.07 Å². The molecule has 4 unspecified atom stereocenters. The number of rotatable bonds is 3. The third-order valence-corrected chi connectivity index (χ3v) is 5.07. The van der Waals surface area contributed by atoms with Crippen molar-refractivity contribution in [2.75, 3.05) is 0 Å². The number of benzene rings is 1. The molecular weight excluding hydrogens is 262 g/mol. The Morgan fingerprint density at radius 2 is 2.05 bits per heavy atom. The van der Waals surface area contributed by atoms with Gasteiger partial charge in [-0.1, -0.05) is 44.2 Å². The van der Waals surface area contributed by atoms with Crippen LogP contribution in [-0.2, 0) is 10.2 Å². The fraction of sp³-hybridized carbons (Fsp3) is 0.529. The Morgan fingerprint density at radius 1 is 1.38 bits per heavy atom. The van der Waals surface area contributed by atoms with E-state index in [9.17, 15) is 10.1 Å². The molecule has 2 N–H and O–H groups in total. The lowest BCUT2D eigenvalue weighted by atomic mass is 9.77. The average molecular weight is 283 g/mol. The Morgan fingerprint density at radius 3 is 2.67 bits per heavy atom. The van der Waals surface area contributed by atoms with E-state index in [0.717, 1.165) is 18.4 Å². The van der Waals surface area contributed by atoms with E-state index >= 15 is 0 Å². The van der Waals surface area contributed by atoms with Gasteiger partial charge in [0, 0.05) is 11.5 Å². The monoisotopic (exact) mass is 283 g/mol. The normalized spacial score (nSPS) is 28.7. The van der Waals surface area contributed by atoms with Gasteiger partial charge in [0.1, 0.15) is 6.04 Å². The van der Waals surface area contributed by atoms with Crippen LogP contribution in [0, 0.1) is 17.2 Å². The number of likely N-dealkylation sites (tertiary alicyclic amines) is 1. The van der Waals surface area contributed by atoms with Crippen LogP contribution in [0.25, 0.3) is 0 Å². The molecule has 21 heavy (non-hydrogen) atoms. The molecule has 2 aliphatic rings. The lowest BCUT2D eigenvalue weighted by Crippen LogP contribution is -2.55. The lowest BCUT2D eigenvalue weighted by Gasteiger charge is -2.35. The molecule has 4 nitrogen and oxygen atoms in total. The van der Waals surface area contributed by atoms with Crippen LogP contribution < -0.4 is 5.73 Å². The van der Waals surface area contributed by atoms with Gasteiger partial charge in [-0.3, -0.25) is 4.79 Å². The molecule has 2 fully saturated rings. The van der Waals surface area contributed by atoms with E-state index in [-0.39, 0.29) is 18.0 Å². The largest absolute Gasteiger partial charge is 0.322 e. The molecule has 1 aliphatic heterocycles. The summed E-state index contributed by atoms with van der Waals surface area (Å²) in [5, 5.41) is 9.24. The number of nitrogens with zero attached hydrogens (tertiary/aromatic N) is 2. The van der Waals surface area contributed by atoms with E-state index in [0.29, 0.717) is 5.92 Å². The Bertz CT molecular complexity index is 590. The Kier molecular flexibility index (Phi) is 3.26. The van der Waals surface area contributed by atoms with Gasteiger partial charge < -0.3 is 10.6 Å². The predicted molar refractivity (Wildman–Crippen MR) is 80.2 cm³/mol. The number of nitrogens with two attached hydrogens (primary N) is 1. The zero-order valence-corrected chi connectivity index (χ0v) is 12.5. The first kappa shape index (κ1) is 14.1. The second-order valence-electron chi connectivity index (χ2n) is 6.75. The minimum atomic E-state index is -0.630. The van der Waals surface area contributed by atoms with Gasteiger partial charge >= 0.3 is 0 Å². The van der Waals surface area contributed by atoms with E-state index in [4.69, 9.17) is 5.73 Å². The summed E-state index contributed by atoms with van der Waals surface area (Å²) >= 11 is 0. The Balaban J connectivity index is 1.83. The number of carbonyl (C=O) groups is 1. The highest BCUT2D eigenvalue weighted by molar-refractivity contribution is 5.85. The summed E-state index contributed by atoms with van der Waals surface area (Å²) in [4.78, 5) is 14.6. The second kappa shape index (κ2) is 4.85. The molecule has 1 saturated carbocycles. The zero-order valence-electron chi connectivity index (χ0n) is 12.5. The molecule has 1 aliphatic carbocycles. The SMILES string of the molecule is CC(C)(c1ccccc1)C(N)C(=O)N1C(C#N)CC2CC21. The summed E-state index contributed by atoms with van der Waals surface area (Å²) in [7, 11) is 0. The molecule has 0 radical (unpaired) electrons. The third kappa shape index (κ3) is 2.22. The quantitative estimate of drug-likeness (QED) is 0.919. The number of piperidine rings is 1. The van der Waals surface area contributed by atoms with Crippen molar-refractivity contribution in [3.05, 3.63) is 35.9 Å². The number of nitriles is 1. The Hall–Kier alpha value is -1.86. The molecule has 3 rings (SSSR count). The van der Waals surface area contributed by atoms with Crippen molar-refractivity contribution in [1.82, 2.24) is 4.90 Å². The summed E-state index contributed by atoms with van der Waals surface area (Å²) in [6, 6.07) is 11.4. The first-order chi connectivity index (χ1) is 9.96. The van der Waals surface area contributed by atoms with Gasteiger partial charge in [0.25, 0.3) is 0 Å². The fourth-order valence-corrected chi connectivity index (χ4v) is 3.41. The van der Waals surface area contributed by atoms with E-state index in [1.54, 1.807) is 4.90 Å². The van der Waals surface area contributed by atoms with Crippen molar-refractivity contribution in [1.29, 1.82) is 5.26 Å². The van der Waals surface area contributed by atoms with Gasteiger partial charge in [-0.25, -0.2) is 0 Å². The van der Waals surface area contributed by atoms with E-state index in [1.807, 2.05) is 44.2 Å². The minimum Gasteiger partial charge on any atom is -0.322 e. The Labute approximate surface area is 125 Å². The third-order valence-electron chi connectivity index (χ3n) is 5.07. The highest BCUT2D eigenvalue weighted by Gasteiger charge is 2.55. The van der Waals surface area contributed by atoms with Crippen molar-refractivity contribution in [2.45, 2.75) is 50.2 Å². The predicted octanol–water partition coefficient (Wildman–Crippen LogP) is 1.80. The number of fused-ring (bicyclic) bond motifs is 1. The van der Waals surface area contributed by atoms with Gasteiger partial charge in [0.05, 0.1) is 12.1 Å². The maximum absolute atomic E-state index is 12.8. The van der Waals surface area contributed by atoms with Crippen LogP contribution >= 0.6 is 0 Å². The standard InChI is InChI=1S/C17H21N3O/c1-17(2,12-6-4-3-5-7-12)15(19)16(21)20-13(10-18)8-11-9-14(11)20/h3-7,11,13-15H,8-9,19H2,1-2H3. The van der Waals surface area contributed by atoms with Crippen molar-refractivity contribution in [2.24, 2.45) is 11.7 Å². The van der Waals surface area contributed by atoms with Crippen LogP contribution in [0.1, 0.15) is 32.3 Å². The minimum absolute atomic E-state index is 0.0830. The van der Waals surface area contributed by atoms with E-state index in [2.05, 4.69) is 6.07 Å². The van der Waals surface area contributed by atoms with Gasteiger partial charge in [0.2, 0.25) is 5.91 Å². The maximum Gasteiger partial charge on any atom is 0.241 e. The van der Waals surface area contributed by atoms with E-state index < -0.39 is 11.5 Å². The van der Waals surface area contributed by atoms with Crippen LogP contribution in [0.15, 0.2) is 30.3 Å². The zero-order chi connectivity index (χ0) is 15.2. The fourth-order valence-electron chi connectivity index (χ4n) is 3.41. The maximum atomic E-state index is 12.8. The van der Waals surface area contributed by atoms with Gasteiger partial charge in [0.15, 0.2) is 0 Å². The topological polar surface area (TPSA) is 70.1 Å². The average Bonchev–Trinajstić information content (AvgIpc) is 3.17. The number of hydrogen-bond acceptors (Lipinski definition) is 3. The number of hydrogen-bond donors (Lipinski definition) is 1. The van der Waals surface area contributed by atoms with Crippen LogP contribution in [0.3, 0.4) is 0 Å². The van der Waals surface area contributed by atoms with Gasteiger partial charge in [-0.2, -0.15) is 5.26 Å². The van der Waals surface area contributed by atoms with Gasteiger partial charge in [-0.15, -0.1) is 0 Å². The first-order valence-corrected chi connectivity index (χ1v) is 7.49. The summed E-state index contributed by atoms with van der Waals surface area (Å²) in [6.45, 7) is 3.99. The summed E-state index contributed by atoms with van der Waals surface area (Å²) in [6.07, 6.45) is 1.84. The highest BCUT2D eigenvalue weighted by atomic mass is 16.2. The molecule has 1 saturated heterocycles. The van der Waals surface area contributed by atoms with Crippen LogP contribution in [0.2, 0.25) is 0 Å². The molecule has 0 bridgehead atoms. The molecule has 1 aromatic carbocycles. The van der Waals surface area contributed by atoms with Gasteiger partial charge in [-0.05, 0) is 24.3 Å². The molecule has 4 atom stereocenters. The summed E-state index contributed by atoms with van der Waals surface area (Å²) < 4.78 is 0. The molecular formula is C17H21N3O.